The molecule has 82 valence electrons. The summed E-state index contributed by atoms with van der Waals surface area (Å²) in [4.78, 5) is 9.24. The smallest absolute Gasteiger partial charge is 0.168 e. The minimum atomic E-state index is 0.490. The number of rotatable bonds is 6. The Morgan fingerprint density at radius 3 is 2.47 bits per heavy atom. The molecule has 0 aliphatic rings. The summed E-state index contributed by atoms with van der Waals surface area (Å²) in [5.41, 5.74) is 0. The molecule has 0 unspecified atom stereocenters. The maximum absolute atomic E-state index is 4.67. The molecule has 0 aromatic heterocycles. The highest BCUT2D eigenvalue weighted by Gasteiger charge is 1.95. The van der Waals surface area contributed by atoms with Gasteiger partial charge in [0.1, 0.15) is 5.76 Å². The molecule has 0 amide bonds. The molecule has 15 heavy (non-hydrogen) atoms. The SMILES string of the molecule is CC=C(C)OOOOOc1ccccc1. The first-order chi connectivity index (χ1) is 7.33. The Morgan fingerprint density at radius 1 is 1.07 bits per heavy atom. The second kappa shape index (κ2) is 6.83. The highest BCUT2D eigenvalue weighted by Crippen LogP contribution is 2.08. The van der Waals surface area contributed by atoms with Gasteiger partial charge in [-0.2, -0.15) is 0 Å². The quantitative estimate of drug-likeness (QED) is 0.314. The minimum absolute atomic E-state index is 0.490. The van der Waals surface area contributed by atoms with Gasteiger partial charge in [0.05, 0.1) is 0 Å². The van der Waals surface area contributed by atoms with E-state index in [0.29, 0.717) is 11.5 Å². The molecular weight excluding hydrogens is 200 g/mol. The van der Waals surface area contributed by atoms with E-state index >= 15 is 0 Å². The molecule has 0 atom stereocenters. The normalized spacial score (nSPS) is 11.2. The fourth-order valence-corrected chi connectivity index (χ4v) is 0.656. The Bertz CT molecular complexity index is 296. The Kier molecular flexibility index (Phi) is 5.24. The third-order valence-corrected chi connectivity index (χ3v) is 1.50. The van der Waals surface area contributed by atoms with Crippen molar-refractivity contribution in [1.29, 1.82) is 0 Å². The van der Waals surface area contributed by atoms with E-state index in [1.165, 1.54) is 0 Å². The van der Waals surface area contributed by atoms with Crippen molar-refractivity contribution in [3.8, 4) is 5.75 Å². The van der Waals surface area contributed by atoms with Crippen molar-refractivity contribution in [2.75, 3.05) is 0 Å². The van der Waals surface area contributed by atoms with Crippen molar-refractivity contribution in [2.24, 2.45) is 0 Å². The Hall–Kier alpha value is -1.56. The topological polar surface area (TPSA) is 46.2 Å². The molecule has 1 rings (SSSR count). The number of hydrogen-bond acceptors (Lipinski definition) is 5. The van der Waals surface area contributed by atoms with Crippen molar-refractivity contribution in [1.82, 2.24) is 0 Å². The summed E-state index contributed by atoms with van der Waals surface area (Å²) in [6, 6.07) is 8.82. The van der Waals surface area contributed by atoms with Gasteiger partial charge in [0.15, 0.2) is 5.75 Å². The predicted molar refractivity (Wildman–Crippen MR) is 50.8 cm³/mol. The van der Waals surface area contributed by atoms with Crippen LogP contribution in [0.1, 0.15) is 13.8 Å². The summed E-state index contributed by atoms with van der Waals surface area (Å²) in [6.07, 6.45) is 1.70. The Labute approximate surface area is 87.5 Å². The second-order valence-corrected chi connectivity index (χ2v) is 2.58. The summed E-state index contributed by atoms with van der Waals surface area (Å²) in [5.74, 6) is 1.03. The van der Waals surface area contributed by atoms with E-state index in [0.717, 1.165) is 0 Å². The standard InChI is InChI=1S/C10H12O5/c1-3-9(2)11-13-15-14-12-10-7-5-4-6-8-10/h3-8H,1-2H3. The van der Waals surface area contributed by atoms with Crippen molar-refractivity contribution < 1.29 is 24.9 Å². The average molecular weight is 212 g/mol. The molecule has 0 saturated heterocycles. The van der Waals surface area contributed by atoms with Crippen LogP contribution in [0, 0.1) is 0 Å². The number of hydrogen-bond donors (Lipinski definition) is 0. The van der Waals surface area contributed by atoms with Crippen LogP contribution in [0.25, 0.3) is 0 Å². The minimum Gasteiger partial charge on any atom is -0.311 e. The molecule has 0 fully saturated rings. The third-order valence-electron chi connectivity index (χ3n) is 1.50. The van der Waals surface area contributed by atoms with Crippen LogP contribution >= 0.6 is 0 Å². The molecule has 0 heterocycles. The molecule has 1 aromatic rings. The molecule has 0 saturated carbocycles. The monoisotopic (exact) mass is 212 g/mol. The zero-order valence-corrected chi connectivity index (χ0v) is 8.51. The second-order valence-electron chi connectivity index (χ2n) is 2.58. The largest absolute Gasteiger partial charge is 0.311 e. The Morgan fingerprint density at radius 2 is 1.80 bits per heavy atom. The molecule has 0 spiro atoms. The van der Waals surface area contributed by atoms with Crippen LogP contribution in [0.2, 0.25) is 0 Å². The van der Waals surface area contributed by atoms with Gasteiger partial charge in [0.25, 0.3) is 0 Å². The van der Waals surface area contributed by atoms with Gasteiger partial charge in [0.2, 0.25) is 0 Å². The van der Waals surface area contributed by atoms with E-state index in [-0.39, 0.29) is 0 Å². The average Bonchev–Trinajstić information content (AvgIpc) is 2.29. The third kappa shape index (κ3) is 5.02. The van der Waals surface area contributed by atoms with Gasteiger partial charge in [-0.1, -0.05) is 18.2 Å². The number of para-hydroxylation sites is 1. The van der Waals surface area contributed by atoms with Crippen molar-refractivity contribution in [3.63, 3.8) is 0 Å². The number of allylic oxidation sites excluding steroid dienone is 2. The molecule has 0 aliphatic heterocycles. The van der Waals surface area contributed by atoms with E-state index in [9.17, 15) is 0 Å². The van der Waals surface area contributed by atoms with Crippen LogP contribution in [0.3, 0.4) is 0 Å². The zero-order chi connectivity index (χ0) is 10.9. The predicted octanol–water partition coefficient (Wildman–Crippen LogP) is 2.72. The fraction of sp³-hybridized carbons (Fsp3) is 0.200. The van der Waals surface area contributed by atoms with Crippen LogP contribution < -0.4 is 4.89 Å². The summed E-state index contributed by atoms with van der Waals surface area (Å²) in [6.45, 7) is 3.49. The van der Waals surface area contributed by atoms with Crippen LogP contribution in [0.4, 0.5) is 0 Å². The van der Waals surface area contributed by atoms with E-state index < -0.39 is 0 Å². The molecule has 5 nitrogen and oxygen atoms in total. The molecule has 5 heteroatoms. The molecule has 0 N–H and O–H groups in total. The van der Waals surface area contributed by atoms with Gasteiger partial charge in [-0.15, -0.1) is 0 Å². The van der Waals surface area contributed by atoms with E-state index in [2.05, 4.69) is 24.9 Å². The maximum atomic E-state index is 4.67. The van der Waals surface area contributed by atoms with Crippen molar-refractivity contribution in [3.05, 3.63) is 42.2 Å². The molecule has 0 aliphatic carbocycles. The first-order valence-corrected chi connectivity index (χ1v) is 4.35. The van der Waals surface area contributed by atoms with Gasteiger partial charge in [0, 0.05) is 15.1 Å². The van der Waals surface area contributed by atoms with Crippen LogP contribution in [0.5, 0.6) is 5.75 Å². The molecular formula is C10H12O5. The lowest BCUT2D eigenvalue weighted by atomic mass is 10.3. The summed E-state index contributed by atoms with van der Waals surface area (Å²) in [5, 5.41) is 12.6. The van der Waals surface area contributed by atoms with Gasteiger partial charge in [-0.3, -0.25) is 0 Å². The van der Waals surface area contributed by atoms with Crippen molar-refractivity contribution in [2.45, 2.75) is 13.8 Å². The van der Waals surface area contributed by atoms with Crippen LogP contribution in [-0.2, 0) is 20.0 Å². The summed E-state index contributed by atoms with van der Waals surface area (Å²) >= 11 is 0. The van der Waals surface area contributed by atoms with Gasteiger partial charge in [-0.25, -0.2) is 0 Å². The first-order valence-electron chi connectivity index (χ1n) is 4.35. The highest BCUT2D eigenvalue weighted by atomic mass is 17.8. The lowest BCUT2D eigenvalue weighted by Crippen LogP contribution is -2.00. The highest BCUT2D eigenvalue weighted by molar-refractivity contribution is 5.19. The number of benzene rings is 1. The lowest BCUT2D eigenvalue weighted by molar-refractivity contribution is -0.684. The maximum Gasteiger partial charge on any atom is 0.168 e. The van der Waals surface area contributed by atoms with Crippen molar-refractivity contribution >= 4 is 0 Å². The molecule has 0 radical (unpaired) electrons. The van der Waals surface area contributed by atoms with Crippen LogP contribution in [-0.4, -0.2) is 0 Å². The summed E-state index contributed by atoms with van der Waals surface area (Å²) in [7, 11) is 0. The van der Waals surface area contributed by atoms with Gasteiger partial charge < -0.3 is 9.78 Å². The first kappa shape index (κ1) is 11.5. The van der Waals surface area contributed by atoms with E-state index in [1.54, 1.807) is 44.2 Å². The molecule has 1 aromatic carbocycles. The van der Waals surface area contributed by atoms with E-state index in [4.69, 9.17) is 0 Å². The van der Waals surface area contributed by atoms with Gasteiger partial charge in [-0.05, 0) is 32.1 Å². The van der Waals surface area contributed by atoms with E-state index in [1.807, 2.05) is 6.07 Å². The van der Waals surface area contributed by atoms with Gasteiger partial charge >= 0.3 is 0 Å². The Balaban J connectivity index is 2.08. The lowest BCUT2D eigenvalue weighted by Gasteiger charge is -2.02. The molecule has 0 bridgehead atoms. The fourth-order valence-electron chi connectivity index (χ4n) is 0.656. The summed E-state index contributed by atoms with van der Waals surface area (Å²) < 4.78 is 0. The zero-order valence-electron chi connectivity index (χ0n) is 8.51. The van der Waals surface area contributed by atoms with Crippen LogP contribution in [0.15, 0.2) is 42.2 Å².